The van der Waals surface area contributed by atoms with Crippen molar-refractivity contribution >= 4 is 22.6 Å². The number of benzene rings is 1. The first-order chi connectivity index (χ1) is 11.2. The minimum absolute atomic E-state index is 0.00678. The topological polar surface area (TPSA) is 87.6 Å². The number of nitrogens with one attached hydrogen (secondary N) is 1. The van der Waals surface area contributed by atoms with E-state index in [-0.39, 0.29) is 18.6 Å². The molecule has 2 N–H and O–H groups in total. The van der Waals surface area contributed by atoms with Crippen LogP contribution < -0.4 is 5.32 Å². The molecule has 7 heteroatoms. The molecule has 2 heterocycles. The van der Waals surface area contributed by atoms with Crippen molar-refractivity contribution in [2.24, 2.45) is 5.92 Å². The van der Waals surface area contributed by atoms with Crippen molar-refractivity contribution in [3.05, 3.63) is 30.0 Å². The summed E-state index contributed by atoms with van der Waals surface area (Å²) in [6.07, 6.45) is 0. The molecular weight excluding hydrogens is 296 g/mol. The van der Waals surface area contributed by atoms with Crippen LogP contribution in [0.1, 0.15) is 5.69 Å². The van der Waals surface area contributed by atoms with Gasteiger partial charge in [-0.2, -0.15) is 10.2 Å². The lowest BCUT2D eigenvalue weighted by Crippen LogP contribution is -2.39. The molecule has 7 nitrogen and oxygen atoms in total. The summed E-state index contributed by atoms with van der Waals surface area (Å²) in [4.78, 5) is 14.2. The number of carbonyl (C=O) groups excluding carboxylic acids is 1. The number of amides is 2. The zero-order valence-electron chi connectivity index (χ0n) is 13.0. The summed E-state index contributed by atoms with van der Waals surface area (Å²) >= 11 is 0. The van der Waals surface area contributed by atoms with E-state index < -0.39 is 0 Å². The molecule has 0 spiro atoms. The third-order valence-electron chi connectivity index (χ3n) is 3.88. The molecule has 1 fully saturated rings. The average molecular weight is 316 g/mol. The number of hydrogen-bond acceptors (Lipinski definition) is 5. The van der Waals surface area contributed by atoms with Gasteiger partial charge >= 0.3 is 6.03 Å². The molecule has 2 aromatic rings. The van der Waals surface area contributed by atoms with Gasteiger partial charge in [0, 0.05) is 31.0 Å². The summed E-state index contributed by atoms with van der Waals surface area (Å²) in [6, 6.07) is 7.25. The van der Waals surface area contributed by atoms with E-state index >= 15 is 0 Å². The molecule has 0 radical (unpaired) electrons. The molecule has 23 heavy (non-hydrogen) atoms. The van der Waals surface area contributed by atoms with Crippen molar-refractivity contribution in [2.45, 2.75) is 6.92 Å². The fourth-order valence-electron chi connectivity index (χ4n) is 2.64. The second-order valence-corrected chi connectivity index (χ2v) is 5.72. The Kier molecular flexibility index (Phi) is 4.68. The lowest BCUT2D eigenvalue weighted by molar-refractivity contribution is 0.0958. The number of nitrogens with zero attached hydrogens (tertiary/aromatic N) is 3. The van der Waals surface area contributed by atoms with Gasteiger partial charge in [0.1, 0.15) is 0 Å². The van der Waals surface area contributed by atoms with Crippen LogP contribution in [0.3, 0.4) is 0 Å². The maximum absolute atomic E-state index is 12.6. The Labute approximate surface area is 134 Å². The van der Waals surface area contributed by atoms with Crippen LogP contribution in [-0.4, -0.2) is 59.1 Å². The fourth-order valence-corrected chi connectivity index (χ4v) is 2.64. The van der Waals surface area contributed by atoms with E-state index in [1.54, 1.807) is 4.90 Å². The van der Waals surface area contributed by atoms with Gasteiger partial charge in [0.15, 0.2) is 0 Å². The van der Waals surface area contributed by atoms with E-state index in [1.165, 1.54) is 0 Å². The van der Waals surface area contributed by atoms with E-state index in [0.29, 0.717) is 32.0 Å². The van der Waals surface area contributed by atoms with Crippen LogP contribution >= 0.6 is 0 Å². The predicted octanol–water partition coefficient (Wildman–Crippen LogP) is 1.41. The van der Waals surface area contributed by atoms with Gasteiger partial charge < -0.3 is 20.1 Å². The summed E-state index contributed by atoms with van der Waals surface area (Å²) in [5, 5.41) is 21.3. The molecule has 3 rings (SSSR count). The highest BCUT2D eigenvalue weighted by Crippen LogP contribution is 2.22. The summed E-state index contributed by atoms with van der Waals surface area (Å²) in [5.41, 5.74) is 2.24. The SMILES string of the molecule is Cc1cc2c(NC(=O)N3CCOCC(CO)C3)cccc2nn1. The molecule has 1 saturated heterocycles. The van der Waals surface area contributed by atoms with E-state index in [9.17, 15) is 9.90 Å². The second kappa shape index (κ2) is 6.89. The summed E-state index contributed by atoms with van der Waals surface area (Å²) in [5.74, 6) is -0.0520. The van der Waals surface area contributed by atoms with E-state index in [1.807, 2.05) is 31.2 Å². The van der Waals surface area contributed by atoms with E-state index in [0.717, 1.165) is 16.6 Å². The molecule has 1 aromatic carbocycles. The molecule has 1 atom stereocenters. The molecule has 1 aromatic heterocycles. The third-order valence-corrected chi connectivity index (χ3v) is 3.88. The number of aliphatic hydroxyl groups is 1. The predicted molar refractivity (Wildman–Crippen MR) is 86.3 cm³/mol. The van der Waals surface area contributed by atoms with Crippen molar-refractivity contribution in [1.29, 1.82) is 0 Å². The molecular formula is C16H20N4O3. The number of ether oxygens (including phenoxy) is 1. The van der Waals surface area contributed by atoms with Crippen LogP contribution in [0.4, 0.5) is 10.5 Å². The molecule has 0 aliphatic carbocycles. The first-order valence-electron chi connectivity index (χ1n) is 7.65. The number of rotatable bonds is 2. The molecule has 2 amide bonds. The normalized spacial score (nSPS) is 18.7. The maximum atomic E-state index is 12.6. The molecule has 1 unspecified atom stereocenters. The fraction of sp³-hybridized carbons (Fsp3) is 0.438. The first-order valence-corrected chi connectivity index (χ1v) is 7.65. The summed E-state index contributed by atoms with van der Waals surface area (Å²) < 4.78 is 5.41. The van der Waals surface area contributed by atoms with Gasteiger partial charge in [-0.3, -0.25) is 0 Å². The highest BCUT2D eigenvalue weighted by molar-refractivity contribution is 6.00. The zero-order valence-corrected chi connectivity index (χ0v) is 13.0. The first kappa shape index (κ1) is 15.6. The van der Waals surface area contributed by atoms with Crippen LogP contribution in [0.5, 0.6) is 0 Å². The molecule has 1 aliphatic rings. The van der Waals surface area contributed by atoms with Crippen LogP contribution in [-0.2, 0) is 4.74 Å². The Morgan fingerprint density at radius 1 is 1.48 bits per heavy atom. The maximum Gasteiger partial charge on any atom is 0.321 e. The van der Waals surface area contributed by atoms with Gasteiger partial charge in [-0.1, -0.05) is 6.07 Å². The molecule has 0 bridgehead atoms. The van der Waals surface area contributed by atoms with Crippen LogP contribution in [0.15, 0.2) is 24.3 Å². The molecule has 122 valence electrons. The zero-order chi connectivity index (χ0) is 16.2. The highest BCUT2D eigenvalue weighted by atomic mass is 16.5. The lowest BCUT2D eigenvalue weighted by Gasteiger charge is -2.23. The Morgan fingerprint density at radius 3 is 3.17 bits per heavy atom. The van der Waals surface area contributed by atoms with Gasteiger partial charge in [0.25, 0.3) is 0 Å². The quantitative estimate of drug-likeness (QED) is 0.874. The van der Waals surface area contributed by atoms with Crippen molar-refractivity contribution in [3.8, 4) is 0 Å². The Bertz CT molecular complexity index is 707. The van der Waals surface area contributed by atoms with Gasteiger partial charge in [0.05, 0.1) is 30.1 Å². The number of aliphatic hydroxyl groups excluding tert-OH is 1. The Hall–Kier alpha value is -2.25. The van der Waals surface area contributed by atoms with Gasteiger partial charge in [-0.15, -0.1) is 0 Å². The number of anilines is 1. The number of urea groups is 1. The number of hydrogen-bond donors (Lipinski definition) is 2. The average Bonchev–Trinajstić information content (AvgIpc) is 2.81. The largest absolute Gasteiger partial charge is 0.396 e. The Balaban J connectivity index is 1.81. The summed E-state index contributed by atoms with van der Waals surface area (Å²) in [6.45, 7) is 3.81. The lowest BCUT2D eigenvalue weighted by atomic mass is 10.1. The minimum Gasteiger partial charge on any atom is -0.396 e. The van der Waals surface area contributed by atoms with Crippen LogP contribution in [0.2, 0.25) is 0 Å². The van der Waals surface area contributed by atoms with Crippen molar-refractivity contribution in [2.75, 3.05) is 38.2 Å². The van der Waals surface area contributed by atoms with Gasteiger partial charge in [0.2, 0.25) is 0 Å². The number of carbonyl (C=O) groups is 1. The van der Waals surface area contributed by atoms with Gasteiger partial charge in [-0.05, 0) is 25.1 Å². The number of aromatic nitrogens is 2. The monoisotopic (exact) mass is 316 g/mol. The molecule has 1 aliphatic heterocycles. The van der Waals surface area contributed by atoms with Gasteiger partial charge in [-0.25, -0.2) is 4.79 Å². The minimum atomic E-state index is -0.198. The number of aryl methyl sites for hydroxylation is 1. The van der Waals surface area contributed by atoms with Crippen molar-refractivity contribution < 1.29 is 14.6 Å². The van der Waals surface area contributed by atoms with E-state index in [2.05, 4.69) is 15.5 Å². The highest BCUT2D eigenvalue weighted by Gasteiger charge is 2.22. The summed E-state index contributed by atoms with van der Waals surface area (Å²) in [7, 11) is 0. The van der Waals surface area contributed by atoms with Crippen LogP contribution in [0.25, 0.3) is 10.9 Å². The van der Waals surface area contributed by atoms with Crippen LogP contribution in [0, 0.1) is 12.8 Å². The Morgan fingerprint density at radius 2 is 2.35 bits per heavy atom. The molecule has 0 saturated carbocycles. The smallest absolute Gasteiger partial charge is 0.321 e. The van der Waals surface area contributed by atoms with Crippen molar-refractivity contribution in [3.63, 3.8) is 0 Å². The van der Waals surface area contributed by atoms with Crippen molar-refractivity contribution in [1.82, 2.24) is 15.1 Å². The van der Waals surface area contributed by atoms with E-state index in [4.69, 9.17) is 4.74 Å². The third kappa shape index (κ3) is 3.57. The number of fused-ring (bicyclic) bond motifs is 1. The standard InChI is InChI=1S/C16H20N4O3/c1-11-7-13-14(3-2-4-15(13)19-18-11)17-16(22)20-5-6-23-10-12(8-20)9-21/h2-4,7,12,21H,5-6,8-10H2,1H3,(H,17,22). The second-order valence-electron chi connectivity index (χ2n) is 5.72.